The molecule has 1 N–H and O–H groups in total. The first-order valence-electron chi connectivity index (χ1n) is 8.01. The van der Waals surface area contributed by atoms with Gasteiger partial charge in [0, 0.05) is 6.07 Å². The summed E-state index contributed by atoms with van der Waals surface area (Å²) in [5.41, 5.74) is -1.17. The number of amides is 1. The summed E-state index contributed by atoms with van der Waals surface area (Å²) in [6.45, 7) is -0.847. The van der Waals surface area contributed by atoms with Crippen LogP contribution in [0.15, 0.2) is 36.4 Å². The number of rotatable bonds is 4. The number of halogens is 5. The summed E-state index contributed by atoms with van der Waals surface area (Å²) in [5.74, 6) is -5.89. The van der Waals surface area contributed by atoms with Crippen molar-refractivity contribution in [2.24, 2.45) is 0 Å². The first-order valence-corrected chi connectivity index (χ1v) is 8.01. The fourth-order valence-electron chi connectivity index (χ4n) is 2.70. The molecule has 0 fully saturated rings. The molecule has 0 unspecified atom stereocenters. The van der Waals surface area contributed by atoms with Crippen LogP contribution < -0.4 is 5.32 Å². The van der Waals surface area contributed by atoms with Crippen molar-refractivity contribution in [1.29, 1.82) is 0 Å². The molecule has 3 aromatic rings. The molecule has 0 spiro atoms. The molecule has 6 nitrogen and oxygen atoms in total. The number of nitrogens with one attached hydrogen (secondary N) is 1. The van der Waals surface area contributed by atoms with Crippen LogP contribution in [-0.4, -0.2) is 28.5 Å². The highest BCUT2D eigenvalue weighted by Gasteiger charge is 2.38. The molecule has 11 heteroatoms. The molecule has 0 aliphatic carbocycles. The number of carbonyl (C=O) groups is 2. The number of benzene rings is 2. The van der Waals surface area contributed by atoms with Crippen LogP contribution in [0.1, 0.15) is 16.2 Å². The van der Waals surface area contributed by atoms with E-state index < -0.39 is 53.3 Å². The number of methoxy groups -OCH3 is 1. The molecule has 0 saturated carbocycles. The molecule has 2 aromatic carbocycles. The first kappa shape index (κ1) is 20.2. The third-order valence-electron chi connectivity index (χ3n) is 3.95. The summed E-state index contributed by atoms with van der Waals surface area (Å²) < 4.78 is 72.5. The van der Waals surface area contributed by atoms with Crippen molar-refractivity contribution in [1.82, 2.24) is 9.55 Å². The number of fused-ring (bicyclic) bond motifs is 1. The van der Waals surface area contributed by atoms with Gasteiger partial charge in [0.1, 0.15) is 18.2 Å². The van der Waals surface area contributed by atoms with Gasteiger partial charge in [-0.25, -0.2) is 18.6 Å². The van der Waals surface area contributed by atoms with Crippen LogP contribution in [0, 0.1) is 11.6 Å². The van der Waals surface area contributed by atoms with Gasteiger partial charge in [0.15, 0.2) is 0 Å². The highest BCUT2D eigenvalue weighted by molar-refractivity contribution is 5.95. The Morgan fingerprint density at radius 3 is 2.48 bits per heavy atom. The van der Waals surface area contributed by atoms with E-state index in [1.165, 1.54) is 24.3 Å². The highest BCUT2D eigenvalue weighted by atomic mass is 19.4. The Labute approximate surface area is 159 Å². The second-order valence-corrected chi connectivity index (χ2v) is 5.86. The number of alkyl halides is 3. The minimum absolute atomic E-state index is 0.0218. The number of imidazole rings is 1. The van der Waals surface area contributed by atoms with Gasteiger partial charge in [-0.3, -0.25) is 4.79 Å². The first-order chi connectivity index (χ1) is 13.6. The summed E-state index contributed by atoms with van der Waals surface area (Å²) in [7, 11) is 0.978. The quantitative estimate of drug-likeness (QED) is 0.522. The van der Waals surface area contributed by atoms with Crippen LogP contribution in [0.2, 0.25) is 0 Å². The third-order valence-corrected chi connectivity index (χ3v) is 3.95. The summed E-state index contributed by atoms with van der Waals surface area (Å²) in [5, 5.41) is 2.03. The van der Waals surface area contributed by atoms with Gasteiger partial charge in [0.2, 0.25) is 11.7 Å². The van der Waals surface area contributed by atoms with E-state index in [1.807, 2.05) is 5.32 Å². The van der Waals surface area contributed by atoms with Gasteiger partial charge in [-0.1, -0.05) is 12.1 Å². The average Bonchev–Trinajstić information content (AvgIpc) is 3.02. The molecule has 0 aliphatic rings. The van der Waals surface area contributed by atoms with E-state index in [1.54, 1.807) is 0 Å². The monoisotopic (exact) mass is 413 g/mol. The van der Waals surface area contributed by atoms with Crippen LogP contribution in [0.4, 0.5) is 27.6 Å². The fraction of sp³-hybridized carbons (Fsp3) is 0.167. The van der Waals surface area contributed by atoms with Gasteiger partial charge in [-0.2, -0.15) is 13.2 Å². The topological polar surface area (TPSA) is 73.2 Å². The van der Waals surface area contributed by atoms with E-state index in [0.29, 0.717) is 16.7 Å². The Morgan fingerprint density at radius 2 is 1.83 bits per heavy atom. The largest absolute Gasteiger partial charge is 0.465 e. The summed E-state index contributed by atoms with van der Waals surface area (Å²) in [6.07, 6.45) is -4.83. The minimum atomic E-state index is -4.83. The zero-order valence-electron chi connectivity index (χ0n) is 14.7. The van der Waals surface area contributed by atoms with Crippen molar-refractivity contribution in [3.8, 4) is 0 Å². The van der Waals surface area contributed by atoms with Crippen molar-refractivity contribution in [2.45, 2.75) is 12.7 Å². The molecule has 152 valence electrons. The van der Waals surface area contributed by atoms with E-state index in [9.17, 15) is 31.5 Å². The predicted octanol–water partition coefficient (Wildman–Crippen LogP) is 3.76. The van der Waals surface area contributed by atoms with Gasteiger partial charge >= 0.3 is 12.1 Å². The molecule has 0 saturated heterocycles. The van der Waals surface area contributed by atoms with Crippen molar-refractivity contribution < 1.29 is 36.3 Å². The third kappa shape index (κ3) is 4.03. The Hall–Kier alpha value is -3.50. The smallest absolute Gasteiger partial charge is 0.449 e. The van der Waals surface area contributed by atoms with Gasteiger partial charge in [-0.15, -0.1) is 0 Å². The number of esters is 1. The number of nitrogens with zero attached hydrogens (tertiary/aromatic N) is 2. The van der Waals surface area contributed by atoms with Gasteiger partial charge in [-0.05, 0) is 18.2 Å². The van der Waals surface area contributed by atoms with Gasteiger partial charge in [0.25, 0.3) is 0 Å². The molecule has 1 aromatic heterocycles. The molecule has 1 amide bonds. The van der Waals surface area contributed by atoms with Gasteiger partial charge < -0.3 is 14.6 Å². The number of hydrogen-bond acceptors (Lipinski definition) is 4. The molecule has 3 rings (SSSR count). The summed E-state index contributed by atoms with van der Waals surface area (Å²) in [4.78, 5) is 27.3. The molecular weight excluding hydrogens is 401 g/mol. The van der Waals surface area contributed by atoms with E-state index in [0.717, 1.165) is 7.11 Å². The number of ether oxygens (including phenoxy) is 1. The number of aromatic nitrogens is 2. The number of carbonyl (C=O) groups excluding carboxylic acids is 2. The van der Waals surface area contributed by atoms with Gasteiger partial charge in [0.05, 0.1) is 29.4 Å². The maximum absolute atomic E-state index is 14.0. The number of para-hydroxylation sites is 2. The zero-order valence-corrected chi connectivity index (χ0v) is 14.7. The average molecular weight is 413 g/mol. The Morgan fingerprint density at radius 1 is 1.14 bits per heavy atom. The number of anilines is 1. The van der Waals surface area contributed by atoms with E-state index >= 15 is 0 Å². The summed E-state index contributed by atoms with van der Waals surface area (Å²) in [6, 6.07) is 6.71. The second kappa shape index (κ2) is 7.49. The van der Waals surface area contributed by atoms with Crippen molar-refractivity contribution in [2.75, 3.05) is 12.4 Å². The molecule has 0 radical (unpaired) electrons. The normalized spacial score (nSPS) is 11.5. The summed E-state index contributed by atoms with van der Waals surface area (Å²) >= 11 is 0. The molecule has 0 aliphatic heterocycles. The Balaban J connectivity index is 1.94. The van der Waals surface area contributed by atoms with Crippen LogP contribution >= 0.6 is 0 Å². The molecule has 29 heavy (non-hydrogen) atoms. The van der Waals surface area contributed by atoms with Crippen LogP contribution in [0.5, 0.6) is 0 Å². The maximum atomic E-state index is 14.0. The lowest BCUT2D eigenvalue weighted by Crippen LogP contribution is -2.24. The lowest BCUT2D eigenvalue weighted by Gasteiger charge is -2.13. The molecule has 0 atom stereocenters. The Kier molecular flexibility index (Phi) is 5.23. The fourth-order valence-corrected chi connectivity index (χ4v) is 2.70. The van der Waals surface area contributed by atoms with E-state index in [2.05, 4.69) is 9.72 Å². The van der Waals surface area contributed by atoms with Crippen molar-refractivity contribution >= 4 is 28.6 Å². The standard InChI is InChI=1S/C18H12F5N3O3/c1-29-16(28)9-6-13(11(20)7-10(9)19)24-15(27)8-26-14-5-3-2-4-12(14)25-17(26)18(21,22)23/h2-7H,8H2,1H3,(H,24,27). The van der Waals surface area contributed by atoms with E-state index in [4.69, 9.17) is 0 Å². The predicted molar refractivity (Wildman–Crippen MR) is 91.1 cm³/mol. The maximum Gasteiger partial charge on any atom is 0.449 e. The van der Waals surface area contributed by atoms with Crippen LogP contribution in [0.25, 0.3) is 11.0 Å². The van der Waals surface area contributed by atoms with Crippen molar-refractivity contribution in [3.05, 3.63) is 59.4 Å². The highest BCUT2D eigenvalue weighted by Crippen LogP contribution is 2.31. The second-order valence-electron chi connectivity index (χ2n) is 5.86. The van der Waals surface area contributed by atoms with E-state index in [-0.39, 0.29) is 11.0 Å². The molecule has 0 bridgehead atoms. The molecular formula is C18H12F5N3O3. The van der Waals surface area contributed by atoms with Crippen LogP contribution in [-0.2, 0) is 22.3 Å². The van der Waals surface area contributed by atoms with Crippen molar-refractivity contribution in [3.63, 3.8) is 0 Å². The zero-order chi connectivity index (χ0) is 21.3. The van der Waals surface area contributed by atoms with Crippen LogP contribution in [0.3, 0.4) is 0 Å². The SMILES string of the molecule is COC(=O)c1cc(NC(=O)Cn2c(C(F)(F)F)nc3ccccc32)c(F)cc1F. The minimum Gasteiger partial charge on any atom is -0.465 e. The lowest BCUT2D eigenvalue weighted by atomic mass is 10.1. The Bertz CT molecular complexity index is 1110. The lowest BCUT2D eigenvalue weighted by molar-refractivity contribution is -0.147. The molecule has 1 heterocycles. The number of hydrogen-bond donors (Lipinski definition) is 1.